The van der Waals surface area contributed by atoms with E-state index in [2.05, 4.69) is 113 Å². The number of halogens is 1. The lowest BCUT2D eigenvalue weighted by Gasteiger charge is -2.36. The summed E-state index contributed by atoms with van der Waals surface area (Å²) in [6.07, 6.45) is 0. The van der Waals surface area contributed by atoms with Gasteiger partial charge in [0.1, 0.15) is 11.5 Å². The van der Waals surface area contributed by atoms with Crippen LogP contribution < -0.4 is 8.85 Å². The molecule has 0 amide bonds. The maximum absolute atomic E-state index is 14.1. The molecule has 0 heterocycles. The van der Waals surface area contributed by atoms with Crippen molar-refractivity contribution in [3.8, 4) is 11.5 Å². The van der Waals surface area contributed by atoms with Crippen LogP contribution in [-0.2, 0) is 6.54 Å². The van der Waals surface area contributed by atoms with E-state index in [1.54, 1.807) is 0 Å². The summed E-state index contributed by atoms with van der Waals surface area (Å²) in [4.78, 5) is 16.2. The molecule has 3 aromatic rings. The van der Waals surface area contributed by atoms with Crippen molar-refractivity contribution >= 4 is 45.0 Å². The van der Waals surface area contributed by atoms with Crippen LogP contribution >= 0.6 is 22.6 Å². The second kappa shape index (κ2) is 12.7. The molecule has 0 aliphatic heterocycles. The Hall–Kier alpha value is -1.95. The van der Waals surface area contributed by atoms with Gasteiger partial charge in [0.2, 0.25) is 16.6 Å². The molecule has 3 aromatic carbocycles. The summed E-state index contributed by atoms with van der Waals surface area (Å²) in [5.74, 6) is 1.80. The average molecular weight is 702 g/mol. The Balaban J connectivity index is 1.89. The third-order valence-electron chi connectivity index (χ3n) is 8.74. The first-order valence-electron chi connectivity index (χ1n) is 14.4. The lowest BCUT2D eigenvalue weighted by molar-refractivity contribution is 0.0843. The Morgan fingerprint density at radius 3 is 1.78 bits per heavy atom. The Morgan fingerprint density at radius 1 is 0.780 bits per heavy atom. The van der Waals surface area contributed by atoms with Crippen molar-refractivity contribution in [2.45, 2.75) is 90.4 Å². The predicted molar refractivity (Wildman–Crippen MR) is 186 cm³/mol. The number of benzene rings is 3. The van der Waals surface area contributed by atoms with Crippen molar-refractivity contribution in [1.82, 2.24) is 4.90 Å². The van der Waals surface area contributed by atoms with Crippen LogP contribution in [0.1, 0.15) is 69.1 Å². The molecule has 0 radical (unpaired) electrons. The molecule has 1 unspecified atom stereocenters. The van der Waals surface area contributed by atoms with Crippen molar-refractivity contribution in [1.29, 1.82) is 0 Å². The van der Waals surface area contributed by atoms with Gasteiger partial charge < -0.3 is 8.85 Å². The standard InChI is InChI=1S/C34H48INO3Si2/c1-33(2,3)40(8,9)38-28-19-17-26(18-20-28)32(37)31(25-15-13-12-14-16-25)36(7)24-27-23-29(21-22-30(27)35)39-41(10,11)34(4,5)6/h12-23,31H,24H2,1-11H3. The fourth-order valence-electron chi connectivity index (χ4n) is 4.08. The largest absolute Gasteiger partial charge is 0.544 e. The van der Waals surface area contributed by atoms with Crippen molar-refractivity contribution in [3.05, 3.63) is 93.1 Å². The van der Waals surface area contributed by atoms with E-state index < -0.39 is 22.7 Å². The molecular formula is C34H48INO3Si2. The molecule has 41 heavy (non-hydrogen) atoms. The van der Waals surface area contributed by atoms with E-state index in [1.165, 1.54) is 0 Å². The zero-order chi connectivity index (χ0) is 30.8. The van der Waals surface area contributed by atoms with Crippen LogP contribution in [0, 0.1) is 3.57 Å². The van der Waals surface area contributed by atoms with Crippen LogP contribution in [0.2, 0.25) is 36.3 Å². The Labute approximate surface area is 264 Å². The van der Waals surface area contributed by atoms with Crippen LogP contribution in [0.25, 0.3) is 0 Å². The Kier molecular flexibility index (Phi) is 10.4. The monoisotopic (exact) mass is 701 g/mol. The molecule has 0 bridgehead atoms. The van der Waals surface area contributed by atoms with Gasteiger partial charge in [0.05, 0.1) is 6.04 Å². The zero-order valence-electron chi connectivity index (χ0n) is 26.8. The molecule has 222 valence electrons. The van der Waals surface area contributed by atoms with Crippen molar-refractivity contribution in [3.63, 3.8) is 0 Å². The van der Waals surface area contributed by atoms with Gasteiger partial charge in [-0.2, -0.15) is 0 Å². The van der Waals surface area contributed by atoms with Crippen molar-refractivity contribution in [2.24, 2.45) is 0 Å². The van der Waals surface area contributed by atoms with Gasteiger partial charge in [-0.3, -0.25) is 9.69 Å². The van der Waals surface area contributed by atoms with E-state index in [0.717, 1.165) is 26.2 Å². The summed E-state index contributed by atoms with van der Waals surface area (Å²) in [5.41, 5.74) is 2.81. The van der Waals surface area contributed by atoms with E-state index >= 15 is 0 Å². The zero-order valence-corrected chi connectivity index (χ0v) is 30.9. The first kappa shape index (κ1) is 33.6. The summed E-state index contributed by atoms with van der Waals surface area (Å²) >= 11 is 2.38. The molecule has 7 heteroatoms. The lowest BCUT2D eigenvalue weighted by atomic mass is 9.95. The number of ketones is 1. The van der Waals surface area contributed by atoms with Gasteiger partial charge in [0, 0.05) is 15.7 Å². The van der Waals surface area contributed by atoms with Gasteiger partial charge in [-0.15, -0.1) is 0 Å². The third-order valence-corrected chi connectivity index (χ3v) is 18.5. The summed E-state index contributed by atoms with van der Waals surface area (Å²) in [7, 11) is -1.90. The smallest absolute Gasteiger partial charge is 0.250 e. The minimum Gasteiger partial charge on any atom is -0.544 e. The molecule has 0 aliphatic carbocycles. The molecule has 0 saturated heterocycles. The molecule has 0 spiro atoms. The van der Waals surface area contributed by atoms with Crippen LogP contribution in [0.5, 0.6) is 11.5 Å². The highest BCUT2D eigenvalue weighted by atomic mass is 127. The Morgan fingerprint density at radius 2 is 1.27 bits per heavy atom. The summed E-state index contributed by atoms with van der Waals surface area (Å²) in [6.45, 7) is 23.1. The van der Waals surface area contributed by atoms with Gasteiger partial charge >= 0.3 is 0 Å². The number of rotatable bonds is 10. The number of Topliss-reactive ketones (excluding diaryl/α,β-unsaturated/α-hetero) is 1. The first-order chi connectivity index (χ1) is 18.8. The fraction of sp³-hybridized carbons (Fsp3) is 0.441. The van der Waals surface area contributed by atoms with Gasteiger partial charge in [-0.25, -0.2) is 0 Å². The molecule has 4 nitrogen and oxygen atoms in total. The van der Waals surface area contributed by atoms with E-state index in [1.807, 2.05) is 61.6 Å². The molecule has 1 atom stereocenters. The normalized spacial score (nSPS) is 13.7. The van der Waals surface area contributed by atoms with Gasteiger partial charge in [-0.1, -0.05) is 71.9 Å². The minimum atomic E-state index is -1.97. The molecule has 0 aromatic heterocycles. The van der Waals surface area contributed by atoms with E-state index in [-0.39, 0.29) is 15.9 Å². The fourth-order valence-corrected chi connectivity index (χ4v) is 6.64. The number of hydrogen-bond acceptors (Lipinski definition) is 4. The molecular weight excluding hydrogens is 653 g/mol. The maximum Gasteiger partial charge on any atom is 0.250 e. The highest BCUT2D eigenvalue weighted by Crippen LogP contribution is 2.39. The second-order valence-electron chi connectivity index (χ2n) is 14.1. The highest BCUT2D eigenvalue weighted by Gasteiger charge is 2.40. The molecule has 0 N–H and O–H groups in total. The van der Waals surface area contributed by atoms with Gasteiger partial charge in [-0.05, 0) is 119 Å². The number of carbonyl (C=O) groups excluding carboxylic acids is 1. The topological polar surface area (TPSA) is 38.8 Å². The maximum atomic E-state index is 14.1. The summed E-state index contributed by atoms with van der Waals surface area (Å²) in [6, 6.07) is 23.7. The van der Waals surface area contributed by atoms with E-state index in [0.29, 0.717) is 12.1 Å². The number of carbonyl (C=O) groups is 1. The van der Waals surface area contributed by atoms with Crippen LogP contribution in [0.3, 0.4) is 0 Å². The van der Waals surface area contributed by atoms with Gasteiger partial charge in [0.15, 0.2) is 5.78 Å². The number of nitrogens with zero attached hydrogens (tertiary/aromatic N) is 1. The predicted octanol–water partition coefficient (Wildman–Crippen LogP) is 10.1. The number of likely N-dealkylation sites (N-methyl/N-ethyl adjacent to an activating group) is 1. The quantitative estimate of drug-likeness (QED) is 0.120. The second-order valence-corrected chi connectivity index (χ2v) is 24.7. The molecule has 0 fully saturated rings. The molecule has 0 saturated carbocycles. The van der Waals surface area contributed by atoms with Crippen LogP contribution in [0.4, 0.5) is 0 Å². The summed E-state index contributed by atoms with van der Waals surface area (Å²) < 4.78 is 14.2. The van der Waals surface area contributed by atoms with Crippen LogP contribution in [0.15, 0.2) is 72.8 Å². The van der Waals surface area contributed by atoms with E-state index in [9.17, 15) is 4.79 Å². The number of hydrogen-bond donors (Lipinski definition) is 0. The van der Waals surface area contributed by atoms with Gasteiger partial charge in [0.25, 0.3) is 0 Å². The highest BCUT2D eigenvalue weighted by molar-refractivity contribution is 14.1. The minimum absolute atomic E-state index is 0.0706. The third kappa shape index (κ3) is 8.33. The average Bonchev–Trinajstić information content (AvgIpc) is 2.85. The molecule has 0 aliphatic rings. The SMILES string of the molecule is CN(Cc1cc(O[Si](C)(C)C(C)(C)C)ccc1I)C(C(=O)c1ccc(O[Si](C)(C)C(C)(C)C)cc1)c1ccccc1. The molecule has 3 rings (SSSR count). The first-order valence-corrected chi connectivity index (χ1v) is 21.3. The lowest BCUT2D eigenvalue weighted by Crippen LogP contribution is -2.43. The van der Waals surface area contributed by atoms with E-state index in [4.69, 9.17) is 8.85 Å². The Bertz CT molecular complexity index is 1330. The summed E-state index contributed by atoms with van der Waals surface area (Å²) in [5, 5.41) is 0.218. The van der Waals surface area contributed by atoms with Crippen molar-refractivity contribution in [2.75, 3.05) is 7.05 Å². The van der Waals surface area contributed by atoms with Crippen LogP contribution in [-0.4, -0.2) is 34.4 Å². The van der Waals surface area contributed by atoms with Crippen molar-refractivity contribution < 1.29 is 13.6 Å².